The van der Waals surface area contributed by atoms with Gasteiger partial charge >= 0.3 is 0 Å². The third-order valence-electron chi connectivity index (χ3n) is 4.50. The number of hydrogen-bond donors (Lipinski definition) is 0. The maximum Gasteiger partial charge on any atom is 0.138 e. The van der Waals surface area contributed by atoms with Crippen molar-refractivity contribution in [2.75, 3.05) is 6.61 Å². The summed E-state index contributed by atoms with van der Waals surface area (Å²) in [6, 6.07) is 10.2. The minimum absolute atomic E-state index is 0.00593. The fourth-order valence-corrected chi connectivity index (χ4v) is 3.14. The van der Waals surface area contributed by atoms with Crippen LogP contribution >= 0.6 is 0 Å². The molecule has 0 spiro atoms. The summed E-state index contributed by atoms with van der Waals surface area (Å²) in [6.07, 6.45) is 3.67. The summed E-state index contributed by atoms with van der Waals surface area (Å²) in [5.41, 5.74) is 1.11. The Bertz CT molecular complexity index is 532. The van der Waals surface area contributed by atoms with E-state index in [1.165, 1.54) is 0 Å². The highest BCUT2D eigenvalue weighted by molar-refractivity contribution is 5.18. The molecule has 0 aromatic heterocycles. The Morgan fingerprint density at radius 3 is 2.26 bits per heavy atom. The summed E-state index contributed by atoms with van der Waals surface area (Å²) in [7, 11) is 0. The van der Waals surface area contributed by atoms with Crippen LogP contribution < -0.4 is 0 Å². The number of nitrogens with zero attached hydrogens (tertiary/aromatic N) is 1. The van der Waals surface area contributed by atoms with Crippen LogP contribution in [0.15, 0.2) is 55.3 Å². The van der Waals surface area contributed by atoms with Crippen LogP contribution in [0.5, 0.6) is 0 Å². The molecule has 0 saturated carbocycles. The molecule has 1 heterocycles. The summed E-state index contributed by atoms with van der Waals surface area (Å²) >= 11 is 0. The van der Waals surface area contributed by atoms with E-state index >= 15 is 0 Å². The van der Waals surface area contributed by atoms with E-state index in [1.807, 2.05) is 18.2 Å². The maximum absolute atomic E-state index is 6.46. The van der Waals surface area contributed by atoms with E-state index in [-0.39, 0.29) is 17.2 Å². The molecule has 0 radical (unpaired) electrons. The average molecular weight is 315 g/mol. The molecule has 1 atom stereocenters. The van der Waals surface area contributed by atoms with E-state index in [2.05, 4.69) is 58.0 Å². The van der Waals surface area contributed by atoms with Crippen molar-refractivity contribution in [2.45, 2.75) is 57.7 Å². The number of hydroxylamine groups is 2. The quantitative estimate of drug-likeness (QED) is 0.520. The normalized spacial score (nSPS) is 20.9. The highest BCUT2D eigenvalue weighted by Crippen LogP contribution is 2.42. The summed E-state index contributed by atoms with van der Waals surface area (Å²) < 4.78 is 5.69. The third-order valence-corrected chi connectivity index (χ3v) is 4.50. The van der Waals surface area contributed by atoms with E-state index in [1.54, 1.807) is 6.08 Å². The molecular weight excluding hydrogens is 286 g/mol. The molecule has 1 aromatic carbocycles. The van der Waals surface area contributed by atoms with Gasteiger partial charge in [-0.05, 0) is 52.2 Å². The molecule has 126 valence electrons. The van der Waals surface area contributed by atoms with Crippen LogP contribution in [0.4, 0.5) is 0 Å². The zero-order valence-corrected chi connectivity index (χ0v) is 14.8. The summed E-state index contributed by atoms with van der Waals surface area (Å²) in [5.74, 6) is 0.564. The average Bonchev–Trinajstić information content (AvgIpc) is 2.73. The molecule has 0 bridgehead atoms. The highest BCUT2D eigenvalue weighted by Gasteiger charge is 2.46. The molecule has 1 aromatic rings. The maximum atomic E-state index is 6.46. The lowest BCUT2D eigenvalue weighted by molar-refractivity contribution is -0.277. The first-order valence-electron chi connectivity index (χ1n) is 8.22. The first kappa shape index (κ1) is 17.8. The lowest BCUT2D eigenvalue weighted by Gasteiger charge is -2.41. The van der Waals surface area contributed by atoms with Gasteiger partial charge in [-0.2, -0.15) is 5.06 Å². The van der Waals surface area contributed by atoms with Crippen LogP contribution in [-0.2, 0) is 9.57 Å². The molecule has 0 amide bonds. The molecule has 0 aliphatic carbocycles. The predicted octanol–water partition coefficient (Wildman–Crippen LogP) is 5.03. The molecular formula is C20H29NO2. The number of benzene rings is 1. The first-order valence-corrected chi connectivity index (χ1v) is 8.22. The number of hydrogen-bond acceptors (Lipinski definition) is 3. The molecule has 3 nitrogen and oxygen atoms in total. The first-order chi connectivity index (χ1) is 10.8. The zero-order chi connectivity index (χ0) is 17.1. The van der Waals surface area contributed by atoms with Crippen LogP contribution in [0, 0.1) is 0 Å². The summed E-state index contributed by atoms with van der Waals surface area (Å²) in [4.78, 5) is 6.46. The van der Waals surface area contributed by atoms with Crippen LogP contribution in [-0.4, -0.2) is 22.7 Å². The molecule has 1 saturated heterocycles. The van der Waals surface area contributed by atoms with Gasteiger partial charge < -0.3 is 4.74 Å². The second kappa shape index (κ2) is 6.90. The molecule has 1 aliphatic heterocycles. The highest BCUT2D eigenvalue weighted by atomic mass is 16.7. The van der Waals surface area contributed by atoms with E-state index in [0.717, 1.165) is 18.4 Å². The van der Waals surface area contributed by atoms with Crippen molar-refractivity contribution in [3.63, 3.8) is 0 Å². The van der Waals surface area contributed by atoms with Gasteiger partial charge in [0.25, 0.3) is 0 Å². The standard InChI is InChI=1S/C20H29NO2/c1-7-16(2)22-15-18(17-11-9-8-10-12-17)23-21-19(3,4)13-14-20(21,5)6/h7-12,18H,1-2,13-15H2,3-6H3. The van der Waals surface area contributed by atoms with Gasteiger partial charge in [0.05, 0.1) is 0 Å². The van der Waals surface area contributed by atoms with Gasteiger partial charge in [0.1, 0.15) is 18.5 Å². The lowest BCUT2D eigenvalue weighted by atomic mass is 10.0. The second-order valence-corrected chi connectivity index (χ2v) is 7.41. The largest absolute Gasteiger partial charge is 0.491 e. The van der Waals surface area contributed by atoms with Gasteiger partial charge in [-0.25, -0.2) is 0 Å². The fourth-order valence-electron chi connectivity index (χ4n) is 3.14. The molecule has 1 unspecified atom stereocenters. The molecule has 3 heteroatoms. The van der Waals surface area contributed by atoms with Crippen molar-refractivity contribution in [3.8, 4) is 0 Å². The van der Waals surface area contributed by atoms with Gasteiger partial charge in [0.2, 0.25) is 0 Å². The number of ether oxygens (including phenoxy) is 1. The minimum atomic E-state index is -0.176. The Kier molecular flexibility index (Phi) is 5.33. The van der Waals surface area contributed by atoms with E-state index in [0.29, 0.717) is 12.4 Å². The number of allylic oxidation sites excluding steroid dienone is 1. The fraction of sp³-hybridized carbons (Fsp3) is 0.500. The van der Waals surface area contributed by atoms with E-state index in [9.17, 15) is 0 Å². The molecule has 0 N–H and O–H groups in total. The van der Waals surface area contributed by atoms with Crippen LogP contribution in [0.2, 0.25) is 0 Å². The molecule has 1 aliphatic rings. The zero-order valence-electron chi connectivity index (χ0n) is 14.8. The van der Waals surface area contributed by atoms with Gasteiger partial charge in [0.15, 0.2) is 0 Å². The van der Waals surface area contributed by atoms with Crippen LogP contribution in [0.3, 0.4) is 0 Å². The Hall–Kier alpha value is -1.58. The Morgan fingerprint density at radius 2 is 1.74 bits per heavy atom. The Labute approximate surface area is 140 Å². The molecule has 2 rings (SSSR count). The topological polar surface area (TPSA) is 21.7 Å². The SMILES string of the molecule is C=CC(=C)OCC(ON1C(C)(C)CCC1(C)C)c1ccccc1. The third kappa shape index (κ3) is 4.24. The summed E-state index contributed by atoms with van der Waals surface area (Å²) in [6.45, 7) is 16.8. The Morgan fingerprint density at radius 1 is 1.17 bits per heavy atom. The van der Waals surface area contributed by atoms with Crippen molar-refractivity contribution in [2.24, 2.45) is 0 Å². The van der Waals surface area contributed by atoms with Crippen LogP contribution in [0.1, 0.15) is 52.2 Å². The Balaban J connectivity index is 2.20. The van der Waals surface area contributed by atoms with Crippen molar-refractivity contribution in [1.82, 2.24) is 5.06 Å². The lowest BCUT2D eigenvalue weighted by Crippen LogP contribution is -2.49. The van der Waals surface area contributed by atoms with E-state index in [4.69, 9.17) is 9.57 Å². The van der Waals surface area contributed by atoms with Gasteiger partial charge in [-0.1, -0.05) is 43.5 Å². The number of rotatable bonds is 7. The monoisotopic (exact) mass is 315 g/mol. The van der Waals surface area contributed by atoms with Gasteiger partial charge in [-0.3, -0.25) is 4.84 Å². The smallest absolute Gasteiger partial charge is 0.138 e. The molecule has 23 heavy (non-hydrogen) atoms. The van der Waals surface area contributed by atoms with Crippen molar-refractivity contribution < 1.29 is 9.57 Å². The summed E-state index contributed by atoms with van der Waals surface area (Å²) in [5, 5.41) is 2.15. The van der Waals surface area contributed by atoms with Gasteiger partial charge in [-0.15, -0.1) is 0 Å². The second-order valence-electron chi connectivity index (χ2n) is 7.41. The van der Waals surface area contributed by atoms with Crippen molar-refractivity contribution in [3.05, 3.63) is 60.9 Å². The van der Waals surface area contributed by atoms with Gasteiger partial charge in [0, 0.05) is 11.1 Å². The van der Waals surface area contributed by atoms with E-state index < -0.39 is 0 Å². The molecule has 1 fully saturated rings. The minimum Gasteiger partial charge on any atom is -0.491 e. The van der Waals surface area contributed by atoms with Crippen molar-refractivity contribution >= 4 is 0 Å². The van der Waals surface area contributed by atoms with Crippen LogP contribution in [0.25, 0.3) is 0 Å². The predicted molar refractivity (Wildman–Crippen MR) is 94.8 cm³/mol. The van der Waals surface area contributed by atoms with Crippen molar-refractivity contribution in [1.29, 1.82) is 0 Å².